The van der Waals surface area contributed by atoms with E-state index >= 15 is 0 Å². The van der Waals surface area contributed by atoms with Gasteiger partial charge in [0.25, 0.3) is 5.91 Å². The largest absolute Gasteiger partial charge is 0.337 e. The molecule has 0 spiro atoms. The van der Waals surface area contributed by atoms with Crippen LogP contribution in [0.25, 0.3) is 0 Å². The first-order valence-electron chi connectivity index (χ1n) is 8.22. The van der Waals surface area contributed by atoms with Crippen LogP contribution in [0.1, 0.15) is 55.7 Å². The van der Waals surface area contributed by atoms with E-state index in [1.165, 1.54) is 12.8 Å². The number of carbonyl (C=O) groups excluding carboxylic acids is 1. The molecule has 1 aromatic rings. The van der Waals surface area contributed by atoms with Gasteiger partial charge in [-0.3, -0.25) is 9.48 Å². The standard InChI is InChI=1S/C16H26N4O/c1-4-11-10-15(20(5-2)18-11)16(21)19(3)14-8-12-6-7-13(9-14)17-12/h10,12-14,17H,4-9H2,1-3H3. The summed E-state index contributed by atoms with van der Waals surface area (Å²) in [7, 11) is 1.95. The van der Waals surface area contributed by atoms with Crippen LogP contribution >= 0.6 is 0 Å². The molecule has 1 amide bonds. The Bertz CT molecular complexity index is 512. The van der Waals surface area contributed by atoms with Crippen molar-refractivity contribution in [2.75, 3.05) is 7.05 Å². The molecule has 2 bridgehead atoms. The zero-order valence-corrected chi connectivity index (χ0v) is 13.3. The molecule has 116 valence electrons. The summed E-state index contributed by atoms with van der Waals surface area (Å²) in [6, 6.07) is 3.52. The fraction of sp³-hybridized carbons (Fsp3) is 0.750. The number of amides is 1. The van der Waals surface area contributed by atoms with Gasteiger partial charge in [0.05, 0.1) is 5.69 Å². The fourth-order valence-electron chi connectivity index (χ4n) is 3.75. The molecule has 2 aliphatic rings. The third-order valence-electron chi connectivity index (χ3n) is 5.03. The Morgan fingerprint density at radius 2 is 2.05 bits per heavy atom. The molecule has 5 nitrogen and oxygen atoms in total. The monoisotopic (exact) mass is 290 g/mol. The van der Waals surface area contributed by atoms with E-state index in [0.717, 1.165) is 37.2 Å². The minimum Gasteiger partial charge on any atom is -0.337 e. The van der Waals surface area contributed by atoms with E-state index in [0.29, 0.717) is 18.1 Å². The Kier molecular flexibility index (Phi) is 4.02. The minimum atomic E-state index is 0.121. The van der Waals surface area contributed by atoms with Crippen LogP contribution in [0.4, 0.5) is 0 Å². The second-order valence-corrected chi connectivity index (χ2v) is 6.37. The van der Waals surface area contributed by atoms with Crippen LogP contribution in [0.5, 0.6) is 0 Å². The van der Waals surface area contributed by atoms with Gasteiger partial charge in [0.15, 0.2) is 0 Å². The average Bonchev–Trinajstić information content (AvgIpc) is 3.08. The number of fused-ring (bicyclic) bond motifs is 2. The molecule has 1 aromatic heterocycles. The molecule has 0 aromatic carbocycles. The topological polar surface area (TPSA) is 50.2 Å². The van der Waals surface area contributed by atoms with Gasteiger partial charge in [-0.15, -0.1) is 0 Å². The average molecular weight is 290 g/mol. The van der Waals surface area contributed by atoms with Crippen molar-refractivity contribution in [1.29, 1.82) is 0 Å². The highest BCUT2D eigenvalue weighted by Crippen LogP contribution is 2.29. The first-order valence-corrected chi connectivity index (χ1v) is 8.22. The maximum atomic E-state index is 12.8. The van der Waals surface area contributed by atoms with E-state index in [4.69, 9.17) is 0 Å². The first kappa shape index (κ1) is 14.6. The van der Waals surface area contributed by atoms with Crippen molar-refractivity contribution >= 4 is 5.91 Å². The van der Waals surface area contributed by atoms with Gasteiger partial charge < -0.3 is 10.2 Å². The third kappa shape index (κ3) is 2.71. The zero-order chi connectivity index (χ0) is 15.0. The highest BCUT2D eigenvalue weighted by atomic mass is 16.2. The zero-order valence-electron chi connectivity index (χ0n) is 13.3. The van der Waals surface area contributed by atoms with Crippen molar-refractivity contribution in [1.82, 2.24) is 20.0 Å². The van der Waals surface area contributed by atoms with Crippen molar-refractivity contribution < 1.29 is 4.79 Å². The Labute approximate surface area is 126 Å². The maximum absolute atomic E-state index is 12.8. The molecule has 5 heteroatoms. The molecule has 3 heterocycles. The second kappa shape index (κ2) is 5.79. The molecular formula is C16H26N4O. The third-order valence-corrected chi connectivity index (χ3v) is 5.03. The smallest absolute Gasteiger partial charge is 0.272 e. The molecule has 2 fully saturated rings. The van der Waals surface area contributed by atoms with E-state index in [1.807, 2.05) is 29.6 Å². The number of aryl methyl sites for hydroxylation is 2. The van der Waals surface area contributed by atoms with Crippen LogP contribution in [0, 0.1) is 0 Å². The van der Waals surface area contributed by atoms with Crippen molar-refractivity contribution in [3.63, 3.8) is 0 Å². The summed E-state index contributed by atoms with van der Waals surface area (Å²) in [5, 5.41) is 8.13. The van der Waals surface area contributed by atoms with Crippen LogP contribution in [-0.4, -0.2) is 45.8 Å². The van der Waals surface area contributed by atoms with Gasteiger partial charge in [0.2, 0.25) is 0 Å². The molecule has 2 atom stereocenters. The van der Waals surface area contributed by atoms with Crippen molar-refractivity contribution in [3.05, 3.63) is 17.5 Å². The number of nitrogens with one attached hydrogen (secondary N) is 1. The molecule has 2 saturated heterocycles. The summed E-state index contributed by atoms with van der Waals surface area (Å²) in [4.78, 5) is 14.8. The molecule has 0 saturated carbocycles. The van der Waals surface area contributed by atoms with Crippen LogP contribution in [0.2, 0.25) is 0 Å². The summed E-state index contributed by atoms with van der Waals surface area (Å²) in [6.07, 6.45) is 5.56. The highest BCUT2D eigenvalue weighted by Gasteiger charge is 2.37. The molecule has 3 rings (SSSR count). The molecule has 2 aliphatic heterocycles. The van der Waals surface area contributed by atoms with E-state index < -0.39 is 0 Å². The molecular weight excluding hydrogens is 264 g/mol. The summed E-state index contributed by atoms with van der Waals surface area (Å²) in [5.41, 5.74) is 1.74. The molecule has 1 N–H and O–H groups in total. The Morgan fingerprint density at radius 3 is 2.62 bits per heavy atom. The number of hydrogen-bond donors (Lipinski definition) is 1. The van der Waals surface area contributed by atoms with Crippen molar-refractivity contribution in [2.45, 2.75) is 70.6 Å². The lowest BCUT2D eigenvalue weighted by molar-refractivity contribution is 0.0669. The lowest BCUT2D eigenvalue weighted by Gasteiger charge is -2.35. The number of rotatable bonds is 4. The number of carbonyl (C=O) groups is 1. The number of hydrogen-bond acceptors (Lipinski definition) is 3. The van der Waals surface area contributed by atoms with Gasteiger partial charge in [-0.1, -0.05) is 6.92 Å². The lowest BCUT2D eigenvalue weighted by Crippen LogP contribution is -2.49. The Hall–Kier alpha value is -1.36. The molecule has 0 aliphatic carbocycles. The summed E-state index contributed by atoms with van der Waals surface area (Å²) < 4.78 is 1.84. The van der Waals surface area contributed by atoms with E-state index in [-0.39, 0.29) is 5.91 Å². The molecule has 2 unspecified atom stereocenters. The predicted molar refractivity (Wildman–Crippen MR) is 82.3 cm³/mol. The summed E-state index contributed by atoms with van der Waals surface area (Å²) in [6.45, 7) is 4.85. The van der Waals surface area contributed by atoms with Gasteiger partial charge in [0, 0.05) is 31.7 Å². The van der Waals surface area contributed by atoms with Gasteiger partial charge in [0.1, 0.15) is 5.69 Å². The van der Waals surface area contributed by atoms with E-state index in [2.05, 4.69) is 17.3 Å². The minimum absolute atomic E-state index is 0.121. The van der Waals surface area contributed by atoms with Crippen LogP contribution < -0.4 is 5.32 Å². The van der Waals surface area contributed by atoms with Crippen LogP contribution in [0.3, 0.4) is 0 Å². The normalized spacial score (nSPS) is 27.9. The summed E-state index contributed by atoms with van der Waals surface area (Å²) >= 11 is 0. The van der Waals surface area contributed by atoms with Crippen molar-refractivity contribution in [2.24, 2.45) is 0 Å². The second-order valence-electron chi connectivity index (χ2n) is 6.37. The number of nitrogens with zero attached hydrogens (tertiary/aromatic N) is 3. The predicted octanol–water partition coefficient (Wildman–Crippen LogP) is 1.82. The van der Waals surface area contributed by atoms with Gasteiger partial charge in [-0.2, -0.15) is 5.10 Å². The number of aromatic nitrogens is 2. The highest BCUT2D eigenvalue weighted by molar-refractivity contribution is 5.92. The van der Waals surface area contributed by atoms with E-state index in [9.17, 15) is 4.79 Å². The van der Waals surface area contributed by atoms with Gasteiger partial charge >= 0.3 is 0 Å². The fourth-order valence-corrected chi connectivity index (χ4v) is 3.75. The number of piperidine rings is 1. The lowest BCUT2D eigenvalue weighted by atomic mass is 9.98. The quantitative estimate of drug-likeness (QED) is 0.920. The first-order chi connectivity index (χ1) is 10.1. The molecule has 21 heavy (non-hydrogen) atoms. The summed E-state index contributed by atoms with van der Waals surface area (Å²) in [5.74, 6) is 0.121. The maximum Gasteiger partial charge on any atom is 0.272 e. The SMILES string of the molecule is CCc1cc(C(=O)N(C)C2CC3CCC(C2)N3)n(CC)n1. The van der Waals surface area contributed by atoms with Gasteiger partial charge in [-0.25, -0.2) is 0 Å². The van der Waals surface area contributed by atoms with E-state index in [1.54, 1.807) is 0 Å². The van der Waals surface area contributed by atoms with Gasteiger partial charge in [-0.05, 0) is 45.1 Å². The van der Waals surface area contributed by atoms with Crippen molar-refractivity contribution in [3.8, 4) is 0 Å². The Balaban J connectivity index is 1.76. The Morgan fingerprint density at radius 1 is 1.38 bits per heavy atom. The molecule has 0 radical (unpaired) electrons. The van der Waals surface area contributed by atoms with Crippen LogP contribution in [0.15, 0.2) is 6.07 Å². The van der Waals surface area contributed by atoms with Crippen LogP contribution in [-0.2, 0) is 13.0 Å².